The fourth-order valence-electron chi connectivity index (χ4n) is 1.92. The van der Waals surface area contributed by atoms with Crippen LogP contribution >= 0.6 is 0 Å². The van der Waals surface area contributed by atoms with Gasteiger partial charge < -0.3 is 9.84 Å². The molecule has 0 aliphatic carbocycles. The van der Waals surface area contributed by atoms with Gasteiger partial charge in [0.15, 0.2) is 0 Å². The second-order valence-electron chi connectivity index (χ2n) is 4.99. The van der Waals surface area contributed by atoms with Gasteiger partial charge in [-0.05, 0) is 25.8 Å². The van der Waals surface area contributed by atoms with Crippen LogP contribution in [0.3, 0.4) is 0 Å². The molecule has 0 aliphatic rings. The molecule has 2 unspecified atom stereocenters. The lowest BCUT2D eigenvalue weighted by Gasteiger charge is -2.20. The minimum atomic E-state index is -0.531. The van der Waals surface area contributed by atoms with Crippen LogP contribution in [0.15, 0.2) is 24.3 Å². The van der Waals surface area contributed by atoms with Crippen molar-refractivity contribution in [1.29, 1.82) is 0 Å². The first-order valence-corrected chi connectivity index (χ1v) is 7.01. The highest BCUT2D eigenvalue weighted by Gasteiger charge is 2.16. The quantitative estimate of drug-likeness (QED) is 0.706. The molecule has 0 aliphatic heterocycles. The van der Waals surface area contributed by atoms with Crippen molar-refractivity contribution in [2.24, 2.45) is 0 Å². The minimum Gasteiger partial charge on any atom is -0.386 e. The van der Waals surface area contributed by atoms with E-state index in [-0.39, 0.29) is 6.10 Å². The Hall–Kier alpha value is -0.860. The maximum absolute atomic E-state index is 10.2. The van der Waals surface area contributed by atoms with E-state index in [1.807, 2.05) is 38.1 Å². The van der Waals surface area contributed by atoms with E-state index in [0.29, 0.717) is 0 Å². The number of benzene rings is 1. The molecule has 0 radical (unpaired) electrons. The fraction of sp³-hybridized carbons (Fsp3) is 0.625. The predicted molar refractivity (Wildman–Crippen MR) is 75.7 cm³/mol. The van der Waals surface area contributed by atoms with Gasteiger partial charge in [-0.2, -0.15) is 0 Å². The van der Waals surface area contributed by atoms with Crippen LogP contribution in [-0.4, -0.2) is 17.8 Å². The van der Waals surface area contributed by atoms with E-state index in [9.17, 15) is 5.11 Å². The highest BCUT2D eigenvalue weighted by molar-refractivity contribution is 5.23. The van der Waals surface area contributed by atoms with Gasteiger partial charge in [0.2, 0.25) is 0 Å². The van der Waals surface area contributed by atoms with Crippen molar-refractivity contribution in [1.82, 2.24) is 0 Å². The summed E-state index contributed by atoms with van der Waals surface area (Å²) < 4.78 is 5.68. The molecule has 0 saturated heterocycles. The van der Waals surface area contributed by atoms with E-state index in [1.54, 1.807) is 0 Å². The van der Waals surface area contributed by atoms with E-state index in [4.69, 9.17) is 4.74 Å². The molecule has 0 spiro atoms. The first kappa shape index (κ1) is 15.2. The molecule has 0 aromatic heterocycles. The standard InChI is InChI=1S/C16H26O2/c1-4-5-6-7-12-18-14(3)16(17)15-10-8-13(2)9-11-15/h8-11,14,16-17H,4-7,12H2,1-3H3. The Morgan fingerprint density at radius 1 is 1.11 bits per heavy atom. The van der Waals surface area contributed by atoms with Gasteiger partial charge in [-0.25, -0.2) is 0 Å². The molecule has 2 atom stereocenters. The molecule has 2 nitrogen and oxygen atoms in total. The first-order chi connectivity index (χ1) is 8.65. The molecule has 1 aromatic carbocycles. The van der Waals surface area contributed by atoms with Gasteiger partial charge in [0, 0.05) is 6.61 Å². The Labute approximate surface area is 111 Å². The molecule has 0 fully saturated rings. The van der Waals surface area contributed by atoms with Crippen LogP contribution in [0, 0.1) is 6.92 Å². The minimum absolute atomic E-state index is 0.144. The second kappa shape index (κ2) is 8.28. The van der Waals surface area contributed by atoms with Crippen molar-refractivity contribution >= 4 is 0 Å². The van der Waals surface area contributed by atoms with E-state index in [0.717, 1.165) is 18.6 Å². The lowest BCUT2D eigenvalue weighted by molar-refractivity contribution is -0.0291. The third-order valence-electron chi connectivity index (χ3n) is 3.24. The first-order valence-electron chi connectivity index (χ1n) is 7.01. The molecule has 0 heterocycles. The van der Waals surface area contributed by atoms with Crippen LogP contribution in [0.25, 0.3) is 0 Å². The molecule has 0 amide bonds. The van der Waals surface area contributed by atoms with Crippen LogP contribution in [-0.2, 0) is 4.74 Å². The molecule has 1 aromatic rings. The van der Waals surface area contributed by atoms with Gasteiger partial charge in [-0.1, -0.05) is 56.0 Å². The van der Waals surface area contributed by atoms with Crippen molar-refractivity contribution in [3.8, 4) is 0 Å². The molecule has 102 valence electrons. The van der Waals surface area contributed by atoms with Crippen LogP contribution in [0.2, 0.25) is 0 Å². The van der Waals surface area contributed by atoms with E-state index >= 15 is 0 Å². The number of aryl methyl sites for hydroxylation is 1. The maximum Gasteiger partial charge on any atom is 0.105 e. The number of ether oxygens (including phenoxy) is 1. The Bertz CT molecular complexity index is 318. The van der Waals surface area contributed by atoms with Gasteiger partial charge in [0.1, 0.15) is 6.10 Å². The zero-order chi connectivity index (χ0) is 13.4. The number of hydrogen-bond donors (Lipinski definition) is 1. The lowest BCUT2D eigenvalue weighted by Crippen LogP contribution is -2.19. The predicted octanol–water partition coefficient (Wildman–Crippen LogP) is 4.01. The largest absolute Gasteiger partial charge is 0.386 e. The highest BCUT2D eigenvalue weighted by atomic mass is 16.5. The van der Waals surface area contributed by atoms with Crippen molar-refractivity contribution in [2.45, 2.75) is 58.7 Å². The summed E-state index contributed by atoms with van der Waals surface area (Å²) in [7, 11) is 0. The summed E-state index contributed by atoms with van der Waals surface area (Å²) in [5.41, 5.74) is 2.14. The normalized spacial score (nSPS) is 14.4. The van der Waals surface area contributed by atoms with Gasteiger partial charge in [0.25, 0.3) is 0 Å². The third-order valence-corrected chi connectivity index (χ3v) is 3.24. The van der Waals surface area contributed by atoms with Crippen LogP contribution in [0.4, 0.5) is 0 Å². The summed E-state index contributed by atoms with van der Waals surface area (Å²) in [5.74, 6) is 0. The van der Waals surface area contributed by atoms with Crippen molar-refractivity contribution in [2.75, 3.05) is 6.61 Å². The topological polar surface area (TPSA) is 29.5 Å². The Morgan fingerprint density at radius 3 is 2.39 bits per heavy atom. The molecule has 0 saturated carbocycles. The van der Waals surface area contributed by atoms with Gasteiger partial charge in [-0.3, -0.25) is 0 Å². The van der Waals surface area contributed by atoms with E-state index in [2.05, 4.69) is 6.92 Å². The molecule has 2 heteroatoms. The maximum atomic E-state index is 10.2. The average Bonchev–Trinajstić information content (AvgIpc) is 2.38. The summed E-state index contributed by atoms with van der Waals surface area (Å²) in [6.45, 7) is 6.92. The highest BCUT2D eigenvalue weighted by Crippen LogP contribution is 2.19. The van der Waals surface area contributed by atoms with Gasteiger partial charge >= 0.3 is 0 Å². The zero-order valence-electron chi connectivity index (χ0n) is 11.9. The SMILES string of the molecule is CCCCCCOC(C)C(O)c1ccc(C)cc1. The third kappa shape index (κ3) is 5.19. The number of rotatable bonds is 8. The number of hydrogen-bond acceptors (Lipinski definition) is 2. The van der Waals surface area contributed by atoms with Crippen LogP contribution in [0.1, 0.15) is 56.8 Å². The summed E-state index contributed by atoms with van der Waals surface area (Å²) in [4.78, 5) is 0. The smallest absolute Gasteiger partial charge is 0.105 e. The summed E-state index contributed by atoms with van der Waals surface area (Å²) in [5, 5.41) is 10.2. The molecule has 18 heavy (non-hydrogen) atoms. The second-order valence-corrected chi connectivity index (χ2v) is 4.99. The average molecular weight is 250 g/mol. The summed E-state index contributed by atoms with van der Waals surface area (Å²) in [6, 6.07) is 7.98. The molecule has 1 N–H and O–H groups in total. The monoisotopic (exact) mass is 250 g/mol. The van der Waals surface area contributed by atoms with E-state index in [1.165, 1.54) is 24.8 Å². The van der Waals surface area contributed by atoms with Gasteiger partial charge in [-0.15, -0.1) is 0 Å². The Balaban J connectivity index is 2.32. The Morgan fingerprint density at radius 2 is 1.78 bits per heavy atom. The number of aliphatic hydroxyl groups is 1. The molecule has 0 bridgehead atoms. The van der Waals surface area contributed by atoms with Gasteiger partial charge in [0.05, 0.1) is 6.10 Å². The van der Waals surface area contributed by atoms with Crippen molar-refractivity contribution in [3.63, 3.8) is 0 Å². The number of unbranched alkanes of at least 4 members (excludes halogenated alkanes) is 3. The lowest BCUT2D eigenvalue weighted by atomic mass is 10.0. The summed E-state index contributed by atoms with van der Waals surface area (Å²) in [6.07, 6.45) is 4.12. The van der Waals surface area contributed by atoms with Crippen molar-refractivity contribution in [3.05, 3.63) is 35.4 Å². The summed E-state index contributed by atoms with van der Waals surface area (Å²) >= 11 is 0. The van der Waals surface area contributed by atoms with Crippen LogP contribution in [0.5, 0.6) is 0 Å². The number of aliphatic hydroxyl groups excluding tert-OH is 1. The molecular formula is C16H26O2. The van der Waals surface area contributed by atoms with Crippen molar-refractivity contribution < 1.29 is 9.84 Å². The molecule has 1 rings (SSSR count). The Kier molecular flexibility index (Phi) is 6.99. The van der Waals surface area contributed by atoms with Crippen LogP contribution < -0.4 is 0 Å². The zero-order valence-corrected chi connectivity index (χ0v) is 11.9. The fourth-order valence-corrected chi connectivity index (χ4v) is 1.92. The molecular weight excluding hydrogens is 224 g/mol. The van der Waals surface area contributed by atoms with E-state index < -0.39 is 6.10 Å².